The molecular weight excluding hydrogens is 306 g/mol. The molecule has 0 aromatic heterocycles. The van der Waals surface area contributed by atoms with Gasteiger partial charge in [-0.3, -0.25) is 9.79 Å². The molecule has 1 atom stereocenters. The van der Waals surface area contributed by atoms with Crippen LogP contribution < -0.4 is 0 Å². The summed E-state index contributed by atoms with van der Waals surface area (Å²) in [5.74, 6) is -0.204. The molecule has 0 heterocycles. The second kappa shape index (κ2) is 6.14. The summed E-state index contributed by atoms with van der Waals surface area (Å²) in [6, 6.07) is 24.0. The van der Waals surface area contributed by atoms with Crippen LogP contribution in [-0.2, 0) is 0 Å². The molecule has 0 fully saturated rings. The van der Waals surface area contributed by atoms with Crippen LogP contribution in [0.3, 0.4) is 0 Å². The Balaban J connectivity index is 1.92. The van der Waals surface area contributed by atoms with Crippen molar-refractivity contribution < 1.29 is 4.79 Å². The third-order valence-electron chi connectivity index (χ3n) is 4.59. The Bertz CT molecular complexity index is 966. The highest BCUT2D eigenvalue weighted by Gasteiger charge is 2.37. The summed E-state index contributed by atoms with van der Waals surface area (Å²) >= 11 is 0. The minimum atomic E-state index is -0.334. The third kappa shape index (κ3) is 2.80. The van der Waals surface area contributed by atoms with E-state index >= 15 is 0 Å². The highest BCUT2D eigenvalue weighted by atomic mass is 16.1. The van der Waals surface area contributed by atoms with E-state index < -0.39 is 0 Å². The van der Waals surface area contributed by atoms with E-state index in [0.29, 0.717) is 0 Å². The zero-order chi connectivity index (χ0) is 17.4. The van der Waals surface area contributed by atoms with E-state index in [9.17, 15) is 4.79 Å². The normalized spacial score (nSPS) is 17.8. The molecule has 3 aromatic rings. The smallest absolute Gasteiger partial charge is 0.176 e. The van der Waals surface area contributed by atoms with Crippen LogP contribution in [0.2, 0.25) is 0 Å². The first-order valence-corrected chi connectivity index (χ1v) is 8.49. The van der Waals surface area contributed by atoms with Crippen molar-refractivity contribution in [2.75, 3.05) is 0 Å². The fourth-order valence-electron chi connectivity index (χ4n) is 3.59. The Labute approximate surface area is 147 Å². The van der Waals surface area contributed by atoms with Crippen molar-refractivity contribution in [3.05, 3.63) is 101 Å². The van der Waals surface area contributed by atoms with E-state index in [1.807, 2.05) is 54.6 Å². The molecule has 0 amide bonds. The first-order valence-electron chi connectivity index (χ1n) is 8.49. The van der Waals surface area contributed by atoms with Crippen molar-refractivity contribution in [3.63, 3.8) is 0 Å². The molecule has 0 spiro atoms. The van der Waals surface area contributed by atoms with Gasteiger partial charge in [-0.05, 0) is 42.7 Å². The van der Waals surface area contributed by atoms with Gasteiger partial charge >= 0.3 is 0 Å². The Morgan fingerprint density at radius 2 is 1.36 bits per heavy atom. The lowest BCUT2D eigenvalue weighted by molar-refractivity contribution is 0.0988. The quantitative estimate of drug-likeness (QED) is 0.620. The van der Waals surface area contributed by atoms with Crippen LogP contribution >= 0.6 is 0 Å². The second-order valence-electron chi connectivity index (χ2n) is 6.60. The number of carbonyl (C=O) groups excluding carboxylic acids is 1. The average Bonchev–Trinajstić information content (AvgIpc) is 2.87. The van der Waals surface area contributed by atoms with E-state index in [-0.39, 0.29) is 11.7 Å². The van der Waals surface area contributed by atoms with E-state index in [1.54, 1.807) is 0 Å². The largest absolute Gasteiger partial charge is 0.293 e. The molecule has 122 valence electrons. The summed E-state index contributed by atoms with van der Waals surface area (Å²) in [7, 11) is 0. The van der Waals surface area contributed by atoms with Gasteiger partial charge in [-0.15, -0.1) is 0 Å². The lowest BCUT2D eigenvalue weighted by atomic mass is 9.93. The zero-order valence-electron chi connectivity index (χ0n) is 14.4. The molecule has 0 bridgehead atoms. The standard InChI is InChI=1S/C23H19NO/c1-15-12-16(2)14-18(13-15)24-22-19-10-6-7-11-20(19)23(25)21(22)17-8-4-3-5-9-17/h3-14,21H,1-2H3. The molecule has 3 aromatic carbocycles. The number of carbonyl (C=O) groups is 1. The van der Waals surface area contributed by atoms with Gasteiger partial charge in [-0.1, -0.05) is 60.7 Å². The maximum atomic E-state index is 13.1. The number of aryl methyl sites for hydroxylation is 2. The van der Waals surface area contributed by atoms with Gasteiger partial charge in [0.05, 0.1) is 17.3 Å². The molecule has 1 aliphatic carbocycles. The monoisotopic (exact) mass is 325 g/mol. The van der Waals surface area contributed by atoms with Crippen molar-refractivity contribution in [2.24, 2.45) is 4.99 Å². The Hall–Kier alpha value is -3.00. The third-order valence-corrected chi connectivity index (χ3v) is 4.59. The van der Waals surface area contributed by atoms with E-state index in [0.717, 1.165) is 28.1 Å². The van der Waals surface area contributed by atoms with Gasteiger partial charge in [0.15, 0.2) is 5.78 Å². The molecule has 0 radical (unpaired) electrons. The lowest BCUT2D eigenvalue weighted by Gasteiger charge is -2.11. The molecule has 0 N–H and O–H groups in total. The SMILES string of the molecule is Cc1cc(C)cc(N=C2c3ccccc3C(=O)C2c2ccccc2)c1. The lowest BCUT2D eigenvalue weighted by Crippen LogP contribution is -2.13. The first-order chi connectivity index (χ1) is 12.1. The maximum Gasteiger partial charge on any atom is 0.176 e. The number of nitrogens with zero attached hydrogens (tertiary/aromatic N) is 1. The molecule has 2 nitrogen and oxygen atoms in total. The second-order valence-corrected chi connectivity index (χ2v) is 6.60. The van der Waals surface area contributed by atoms with Gasteiger partial charge in [-0.2, -0.15) is 0 Å². The number of rotatable bonds is 2. The molecule has 2 heteroatoms. The highest BCUT2D eigenvalue weighted by Crippen LogP contribution is 2.36. The Morgan fingerprint density at radius 1 is 0.760 bits per heavy atom. The van der Waals surface area contributed by atoms with Crippen LogP contribution in [0.5, 0.6) is 0 Å². The Kier molecular flexibility index (Phi) is 3.81. The van der Waals surface area contributed by atoms with Crippen LogP contribution in [0.4, 0.5) is 5.69 Å². The Morgan fingerprint density at radius 3 is 2.04 bits per heavy atom. The minimum absolute atomic E-state index is 0.130. The van der Waals surface area contributed by atoms with E-state index in [2.05, 4.69) is 32.0 Å². The molecule has 0 saturated heterocycles. The van der Waals surface area contributed by atoms with Crippen molar-refractivity contribution in [1.29, 1.82) is 0 Å². The number of hydrogen-bond acceptors (Lipinski definition) is 2. The zero-order valence-corrected chi connectivity index (χ0v) is 14.4. The number of fused-ring (bicyclic) bond motifs is 1. The van der Waals surface area contributed by atoms with Crippen molar-refractivity contribution >= 4 is 17.2 Å². The van der Waals surface area contributed by atoms with Gasteiger partial charge in [0, 0.05) is 11.1 Å². The van der Waals surface area contributed by atoms with Gasteiger partial charge in [0.2, 0.25) is 0 Å². The minimum Gasteiger partial charge on any atom is -0.293 e. The summed E-state index contributed by atoms with van der Waals surface area (Å²) in [5, 5.41) is 0. The van der Waals surface area contributed by atoms with Crippen molar-refractivity contribution in [1.82, 2.24) is 0 Å². The summed E-state index contributed by atoms with van der Waals surface area (Å²) in [4.78, 5) is 18.0. The molecule has 4 rings (SSSR count). The van der Waals surface area contributed by atoms with Crippen LogP contribution in [0.15, 0.2) is 77.8 Å². The summed E-state index contributed by atoms with van der Waals surface area (Å²) < 4.78 is 0. The highest BCUT2D eigenvalue weighted by molar-refractivity contribution is 6.32. The molecular formula is C23H19NO. The molecule has 1 aliphatic rings. The fraction of sp³-hybridized carbons (Fsp3) is 0.130. The van der Waals surface area contributed by atoms with E-state index in [1.165, 1.54) is 11.1 Å². The first kappa shape index (κ1) is 15.5. The number of aliphatic imine (C=N–C) groups is 1. The number of ketones is 1. The molecule has 0 saturated carbocycles. The number of Topliss-reactive ketones (excluding diaryl/α,β-unsaturated/α-hetero) is 1. The van der Waals surface area contributed by atoms with Gasteiger partial charge in [0.1, 0.15) is 0 Å². The summed E-state index contributed by atoms with van der Waals surface area (Å²) in [6.45, 7) is 4.14. The number of benzene rings is 3. The summed E-state index contributed by atoms with van der Waals surface area (Å²) in [6.07, 6.45) is 0. The van der Waals surface area contributed by atoms with Gasteiger partial charge in [0.25, 0.3) is 0 Å². The van der Waals surface area contributed by atoms with Crippen LogP contribution in [0.25, 0.3) is 0 Å². The van der Waals surface area contributed by atoms with Crippen LogP contribution in [0, 0.1) is 13.8 Å². The number of hydrogen-bond donors (Lipinski definition) is 0. The molecule has 1 unspecified atom stereocenters. The molecule has 0 aliphatic heterocycles. The fourth-order valence-corrected chi connectivity index (χ4v) is 3.59. The van der Waals surface area contributed by atoms with E-state index in [4.69, 9.17) is 4.99 Å². The topological polar surface area (TPSA) is 29.4 Å². The van der Waals surface area contributed by atoms with Crippen molar-refractivity contribution in [3.8, 4) is 0 Å². The van der Waals surface area contributed by atoms with Gasteiger partial charge < -0.3 is 0 Å². The van der Waals surface area contributed by atoms with Crippen LogP contribution in [0.1, 0.15) is 38.5 Å². The average molecular weight is 325 g/mol. The maximum absolute atomic E-state index is 13.1. The van der Waals surface area contributed by atoms with Crippen molar-refractivity contribution in [2.45, 2.75) is 19.8 Å². The predicted molar refractivity (Wildman–Crippen MR) is 102 cm³/mol. The van der Waals surface area contributed by atoms with Crippen LogP contribution in [-0.4, -0.2) is 11.5 Å². The van der Waals surface area contributed by atoms with Gasteiger partial charge in [-0.25, -0.2) is 0 Å². The molecule has 25 heavy (non-hydrogen) atoms. The predicted octanol–water partition coefficient (Wildman–Crippen LogP) is 5.40. The summed E-state index contributed by atoms with van der Waals surface area (Å²) in [5.41, 5.74) is 6.79.